The van der Waals surface area contributed by atoms with Gasteiger partial charge in [-0.3, -0.25) is 0 Å². The van der Waals surface area contributed by atoms with Crippen LogP contribution in [0.5, 0.6) is 0 Å². The molecule has 0 N–H and O–H groups in total. The van der Waals surface area contributed by atoms with Crippen LogP contribution in [0, 0.1) is 5.82 Å². The Morgan fingerprint density at radius 3 is 2.00 bits per heavy atom. The number of hydrogen-bond acceptors (Lipinski definition) is 2. The van der Waals surface area contributed by atoms with Gasteiger partial charge < -0.3 is 0 Å². The molecule has 0 radical (unpaired) electrons. The Morgan fingerprint density at radius 1 is 0.818 bits per heavy atom. The number of alkyl halides is 3. The molecule has 0 aliphatic rings. The van der Waals surface area contributed by atoms with Crippen molar-refractivity contribution in [2.75, 3.05) is 0 Å². The predicted molar refractivity (Wildman–Crippen MR) is 74.7 cm³/mol. The van der Waals surface area contributed by atoms with E-state index in [1.165, 1.54) is 12.1 Å². The van der Waals surface area contributed by atoms with Crippen LogP contribution in [0.3, 0.4) is 0 Å². The quantitative estimate of drug-likeness (QED) is 0.489. The van der Waals surface area contributed by atoms with Crippen molar-refractivity contribution in [1.29, 1.82) is 0 Å². The van der Waals surface area contributed by atoms with E-state index < -0.39 is 26.1 Å². The lowest BCUT2D eigenvalue weighted by Gasteiger charge is -2.11. The maximum atomic E-state index is 14.3. The Morgan fingerprint density at radius 2 is 1.41 bits per heavy atom. The maximum Gasteiger partial charge on any atom is 0.502 e. The van der Waals surface area contributed by atoms with Crippen LogP contribution in [-0.2, 0) is 9.84 Å². The first kappa shape index (κ1) is 14.8. The van der Waals surface area contributed by atoms with E-state index in [1.54, 1.807) is 30.3 Å². The first-order valence-electron chi connectivity index (χ1n) is 6.14. The molecule has 3 aromatic carbocycles. The van der Waals surface area contributed by atoms with E-state index in [1.807, 2.05) is 0 Å². The fourth-order valence-electron chi connectivity index (χ4n) is 2.29. The lowest BCUT2D eigenvalue weighted by atomic mass is 10.0. The lowest BCUT2D eigenvalue weighted by Crippen LogP contribution is -2.24. The van der Waals surface area contributed by atoms with Crippen LogP contribution in [0.1, 0.15) is 0 Å². The second kappa shape index (κ2) is 4.67. The van der Waals surface area contributed by atoms with Crippen LogP contribution in [-0.4, -0.2) is 13.9 Å². The predicted octanol–water partition coefficient (Wildman–Crippen LogP) is 4.43. The van der Waals surface area contributed by atoms with Crippen LogP contribution in [0.4, 0.5) is 17.6 Å². The second-order valence-corrected chi connectivity index (χ2v) is 6.66. The minimum absolute atomic E-state index is 0.163. The Labute approximate surface area is 122 Å². The molecule has 0 saturated carbocycles. The molecule has 0 heterocycles. The van der Waals surface area contributed by atoms with Gasteiger partial charge in [0.25, 0.3) is 9.84 Å². The van der Waals surface area contributed by atoms with Crippen molar-refractivity contribution in [2.45, 2.75) is 10.4 Å². The van der Waals surface area contributed by atoms with Crippen molar-refractivity contribution in [3.63, 3.8) is 0 Å². The number of halogens is 4. The Kier molecular flexibility index (Phi) is 3.14. The number of hydrogen-bond donors (Lipinski definition) is 0. The molecule has 0 spiro atoms. The van der Waals surface area contributed by atoms with Gasteiger partial charge >= 0.3 is 5.51 Å². The van der Waals surface area contributed by atoms with Gasteiger partial charge in [0.1, 0.15) is 10.7 Å². The van der Waals surface area contributed by atoms with E-state index in [9.17, 15) is 26.0 Å². The number of benzene rings is 3. The van der Waals surface area contributed by atoms with Gasteiger partial charge in [-0.2, -0.15) is 13.2 Å². The van der Waals surface area contributed by atoms with Crippen molar-refractivity contribution < 1.29 is 26.0 Å². The summed E-state index contributed by atoms with van der Waals surface area (Å²) in [5.41, 5.74) is -5.54. The van der Waals surface area contributed by atoms with Crippen molar-refractivity contribution >= 4 is 31.4 Å². The normalized spacial score (nSPS) is 12.9. The van der Waals surface area contributed by atoms with Gasteiger partial charge in [0, 0.05) is 5.39 Å². The van der Waals surface area contributed by atoms with Gasteiger partial charge in [-0.15, -0.1) is 0 Å². The van der Waals surface area contributed by atoms with Gasteiger partial charge in [-0.05, 0) is 34.4 Å². The lowest BCUT2D eigenvalue weighted by molar-refractivity contribution is -0.0437. The Balaban J connectivity index is 2.37. The average Bonchev–Trinajstić information content (AvgIpc) is 2.44. The molecule has 0 bridgehead atoms. The van der Waals surface area contributed by atoms with E-state index in [2.05, 4.69) is 0 Å². The van der Waals surface area contributed by atoms with Gasteiger partial charge in [0.05, 0.1) is 0 Å². The summed E-state index contributed by atoms with van der Waals surface area (Å²) in [6, 6.07) is 11.7. The van der Waals surface area contributed by atoms with Crippen molar-refractivity contribution in [2.24, 2.45) is 0 Å². The average molecular weight is 328 g/mol. The number of fused-ring (bicyclic) bond motifs is 2. The summed E-state index contributed by atoms with van der Waals surface area (Å²) in [5.74, 6) is -1.39. The third-order valence-corrected chi connectivity index (χ3v) is 4.88. The highest BCUT2D eigenvalue weighted by Gasteiger charge is 2.48. The third kappa shape index (κ3) is 2.12. The van der Waals surface area contributed by atoms with E-state index in [-0.39, 0.29) is 5.39 Å². The van der Waals surface area contributed by atoms with Crippen LogP contribution >= 0.6 is 0 Å². The molecule has 0 fully saturated rings. The molecule has 0 aliphatic heterocycles. The minimum atomic E-state index is -5.73. The van der Waals surface area contributed by atoms with Crippen molar-refractivity contribution in [3.8, 4) is 0 Å². The van der Waals surface area contributed by atoms with E-state index in [0.29, 0.717) is 16.8 Å². The molecule has 3 rings (SSSR count). The van der Waals surface area contributed by atoms with Crippen LogP contribution in [0.25, 0.3) is 21.5 Å². The summed E-state index contributed by atoms with van der Waals surface area (Å²) in [6.07, 6.45) is 0. The molecule has 2 nitrogen and oxygen atoms in total. The first-order valence-corrected chi connectivity index (χ1v) is 7.62. The van der Waals surface area contributed by atoms with E-state index >= 15 is 0 Å². The molecule has 0 amide bonds. The molecule has 7 heteroatoms. The van der Waals surface area contributed by atoms with E-state index in [4.69, 9.17) is 0 Å². The van der Waals surface area contributed by atoms with Crippen LogP contribution < -0.4 is 0 Å². The SMILES string of the molecule is O=S(=O)(c1ccc2cc3ccccc3cc2c1F)C(F)(F)F. The highest BCUT2D eigenvalue weighted by Crippen LogP contribution is 2.35. The molecule has 22 heavy (non-hydrogen) atoms. The third-order valence-electron chi connectivity index (χ3n) is 3.38. The largest absolute Gasteiger partial charge is 0.502 e. The summed E-state index contributed by atoms with van der Waals surface area (Å²) < 4.78 is 75.0. The summed E-state index contributed by atoms with van der Waals surface area (Å²) in [4.78, 5) is -1.36. The highest BCUT2D eigenvalue weighted by atomic mass is 32.2. The molecular formula is C15H8F4O2S. The van der Waals surface area contributed by atoms with E-state index in [0.717, 1.165) is 5.39 Å². The molecule has 0 aliphatic carbocycles. The highest BCUT2D eigenvalue weighted by molar-refractivity contribution is 7.92. The Hall–Kier alpha value is -2.15. The fraction of sp³-hybridized carbons (Fsp3) is 0.0667. The van der Waals surface area contributed by atoms with Crippen molar-refractivity contribution in [3.05, 3.63) is 54.3 Å². The monoisotopic (exact) mass is 328 g/mol. The smallest absolute Gasteiger partial charge is 0.214 e. The Bertz CT molecular complexity index is 992. The molecule has 0 unspecified atom stereocenters. The van der Waals surface area contributed by atoms with Crippen LogP contribution in [0.2, 0.25) is 0 Å². The van der Waals surface area contributed by atoms with Gasteiger partial charge in [-0.25, -0.2) is 12.8 Å². The molecular weight excluding hydrogens is 320 g/mol. The van der Waals surface area contributed by atoms with Gasteiger partial charge in [0.2, 0.25) is 0 Å². The molecule has 0 saturated heterocycles. The second-order valence-electron chi connectivity index (χ2n) is 4.75. The minimum Gasteiger partial charge on any atom is -0.214 e. The first-order chi connectivity index (χ1) is 10.2. The molecule has 0 aromatic heterocycles. The summed E-state index contributed by atoms with van der Waals surface area (Å²) >= 11 is 0. The zero-order valence-corrected chi connectivity index (χ0v) is 11.7. The summed E-state index contributed by atoms with van der Waals surface area (Å²) in [6.45, 7) is 0. The van der Waals surface area contributed by atoms with Crippen LogP contribution in [0.15, 0.2) is 53.4 Å². The topological polar surface area (TPSA) is 34.1 Å². The number of sulfone groups is 1. The summed E-state index contributed by atoms with van der Waals surface area (Å²) in [7, 11) is -5.73. The fourth-order valence-corrected chi connectivity index (χ4v) is 3.13. The number of rotatable bonds is 1. The molecule has 0 atom stereocenters. The van der Waals surface area contributed by atoms with Gasteiger partial charge in [0.15, 0.2) is 0 Å². The zero-order chi connectivity index (χ0) is 16.1. The molecule has 114 valence electrons. The zero-order valence-electron chi connectivity index (χ0n) is 10.9. The standard InChI is InChI=1S/C15H8F4O2S/c16-14-12-8-10-4-2-1-3-9(10)7-11(12)5-6-13(14)22(20,21)15(17,18)19/h1-8H. The molecule has 3 aromatic rings. The maximum absolute atomic E-state index is 14.3. The van der Waals surface area contributed by atoms with Gasteiger partial charge in [-0.1, -0.05) is 30.3 Å². The summed E-state index contributed by atoms with van der Waals surface area (Å²) in [5, 5.41) is 1.55. The van der Waals surface area contributed by atoms with Crippen molar-refractivity contribution in [1.82, 2.24) is 0 Å².